The summed E-state index contributed by atoms with van der Waals surface area (Å²) in [4.78, 5) is 19.2. The zero-order valence-electron chi connectivity index (χ0n) is 16.2. The van der Waals surface area contributed by atoms with Gasteiger partial charge in [-0.15, -0.1) is 0 Å². The Balaban J connectivity index is 1.45. The van der Waals surface area contributed by atoms with Crippen molar-refractivity contribution >= 4 is 17.5 Å². The van der Waals surface area contributed by atoms with Crippen LogP contribution in [0.3, 0.4) is 0 Å². The second-order valence-corrected chi connectivity index (χ2v) is 6.70. The number of anilines is 2. The maximum Gasteiger partial charge on any atom is 0.357 e. The highest BCUT2D eigenvalue weighted by Gasteiger charge is 2.13. The molecule has 1 atom stereocenters. The maximum absolute atomic E-state index is 10.9. The lowest BCUT2D eigenvalue weighted by atomic mass is 10.1. The molecule has 3 aromatic rings. The topological polar surface area (TPSA) is 124 Å². The van der Waals surface area contributed by atoms with Gasteiger partial charge in [-0.3, -0.25) is 0 Å². The highest BCUT2D eigenvalue weighted by molar-refractivity contribution is 5.85. The number of carboxylic acid groups (broad SMARTS) is 1. The Morgan fingerprint density at radius 2 is 2.14 bits per heavy atom. The van der Waals surface area contributed by atoms with E-state index < -0.39 is 5.97 Å². The van der Waals surface area contributed by atoms with Crippen LogP contribution in [0.1, 0.15) is 36.7 Å². The van der Waals surface area contributed by atoms with Gasteiger partial charge in [0.1, 0.15) is 17.8 Å². The van der Waals surface area contributed by atoms with Gasteiger partial charge in [-0.2, -0.15) is 0 Å². The number of hydrogen-bond acceptors (Lipinski definition) is 7. The number of para-hydroxylation sites is 2. The zero-order chi connectivity index (χ0) is 20.6. The molecule has 8 heteroatoms. The number of unbranched alkanes of at least 4 members (excludes halogenated alkanes) is 1. The summed E-state index contributed by atoms with van der Waals surface area (Å²) in [6.45, 7) is 2.70. The van der Waals surface area contributed by atoms with Crippen LogP contribution in [0.15, 0.2) is 53.3 Å². The Kier molecular flexibility index (Phi) is 6.67. The molecule has 0 spiro atoms. The first kappa shape index (κ1) is 20.2. The minimum absolute atomic E-state index is 0.126. The van der Waals surface area contributed by atoms with Crippen LogP contribution in [0, 0.1) is 0 Å². The number of nitrogens with zero attached hydrogens (tertiary/aromatic N) is 2. The van der Waals surface area contributed by atoms with E-state index >= 15 is 0 Å². The number of nitrogens with one attached hydrogen (secondary N) is 1. The number of carboxylic acids is 1. The summed E-state index contributed by atoms with van der Waals surface area (Å²) >= 11 is 0. The third kappa shape index (κ3) is 5.71. The molecule has 152 valence electrons. The Bertz CT molecular complexity index is 957. The van der Waals surface area contributed by atoms with Crippen LogP contribution >= 0.6 is 0 Å². The van der Waals surface area contributed by atoms with Gasteiger partial charge in [0.15, 0.2) is 5.69 Å². The van der Waals surface area contributed by atoms with Gasteiger partial charge < -0.3 is 25.3 Å². The minimum atomic E-state index is -1.13. The molecule has 8 nitrogen and oxygen atoms in total. The number of benzene rings is 1. The molecule has 0 aliphatic carbocycles. The molecule has 0 saturated carbocycles. The predicted octanol–water partition coefficient (Wildman–Crippen LogP) is 4.07. The van der Waals surface area contributed by atoms with Gasteiger partial charge in [0, 0.05) is 17.8 Å². The molecule has 2 heterocycles. The van der Waals surface area contributed by atoms with E-state index in [9.17, 15) is 4.79 Å². The van der Waals surface area contributed by atoms with Gasteiger partial charge in [-0.25, -0.2) is 14.8 Å². The summed E-state index contributed by atoms with van der Waals surface area (Å²) in [5, 5.41) is 12.3. The fourth-order valence-corrected chi connectivity index (χ4v) is 2.82. The summed E-state index contributed by atoms with van der Waals surface area (Å²) < 4.78 is 10.9. The molecule has 0 bridgehead atoms. The molecule has 2 aromatic heterocycles. The standard InChI is InChI=1S/C21H24N4O4/c1-14(6-4-5-11-28-18-8-3-2-7-16(18)22)24-19-12-15(9-10-23-19)20-25-17(13-29-20)21(26)27/h2-3,7-10,12-14H,4-6,11,22H2,1H3,(H,23,24)(H,26,27). The number of rotatable bonds is 10. The zero-order valence-corrected chi connectivity index (χ0v) is 16.2. The van der Waals surface area contributed by atoms with Gasteiger partial charge in [0.2, 0.25) is 5.89 Å². The highest BCUT2D eigenvalue weighted by Crippen LogP contribution is 2.22. The van der Waals surface area contributed by atoms with Crippen molar-refractivity contribution in [2.24, 2.45) is 0 Å². The highest BCUT2D eigenvalue weighted by atomic mass is 16.5. The summed E-state index contributed by atoms with van der Waals surface area (Å²) in [5.74, 6) is 0.522. The van der Waals surface area contributed by atoms with Crippen LogP contribution in [0.2, 0.25) is 0 Å². The summed E-state index contributed by atoms with van der Waals surface area (Å²) in [6, 6.07) is 11.2. The van der Waals surface area contributed by atoms with Crippen molar-refractivity contribution in [1.82, 2.24) is 9.97 Å². The SMILES string of the molecule is CC(CCCCOc1ccccc1N)Nc1cc(-c2nc(C(=O)O)co2)ccn1. The van der Waals surface area contributed by atoms with Crippen LogP contribution in [-0.4, -0.2) is 33.7 Å². The lowest BCUT2D eigenvalue weighted by molar-refractivity contribution is 0.0690. The monoisotopic (exact) mass is 396 g/mol. The number of aromatic carboxylic acids is 1. The predicted molar refractivity (Wildman–Crippen MR) is 110 cm³/mol. The smallest absolute Gasteiger partial charge is 0.357 e. The number of nitrogens with two attached hydrogens (primary N) is 1. The Morgan fingerprint density at radius 3 is 2.90 bits per heavy atom. The third-order valence-corrected chi connectivity index (χ3v) is 4.33. The summed E-state index contributed by atoms with van der Waals surface area (Å²) in [6.07, 6.45) is 5.61. The maximum atomic E-state index is 10.9. The number of nitrogen functional groups attached to an aromatic ring is 1. The van der Waals surface area contributed by atoms with Crippen molar-refractivity contribution in [1.29, 1.82) is 0 Å². The Morgan fingerprint density at radius 1 is 1.31 bits per heavy atom. The van der Waals surface area contributed by atoms with E-state index in [0.29, 0.717) is 23.7 Å². The molecule has 0 aliphatic heterocycles. The van der Waals surface area contributed by atoms with Crippen molar-refractivity contribution in [3.63, 3.8) is 0 Å². The Labute approximate surface area is 168 Å². The van der Waals surface area contributed by atoms with E-state index in [2.05, 4.69) is 22.2 Å². The average molecular weight is 396 g/mol. The van der Waals surface area contributed by atoms with Gasteiger partial charge in [0.05, 0.1) is 12.3 Å². The molecular weight excluding hydrogens is 372 g/mol. The van der Waals surface area contributed by atoms with Gasteiger partial charge in [-0.1, -0.05) is 12.1 Å². The van der Waals surface area contributed by atoms with Crippen molar-refractivity contribution < 1.29 is 19.1 Å². The van der Waals surface area contributed by atoms with E-state index in [1.54, 1.807) is 18.3 Å². The van der Waals surface area contributed by atoms with E-state index in [1.807, 2.05) is 24.3 Å². The molecule has 0 amide bonds. The molecule has 0 radical (unpaired) electrons. The third-order valence-electron chi connectivity index (χ3n) is 4.33. The van der Waals surface area contributed by atoms with E-state index in [0.717, 1.165) is 31.3 Å². The molecule has 1 aromatic carbocycles. The molecule has 0 saturated heterocycles. The second-order valence-electron chi connectivity index (χ2n) is 6.70. The molecule has 0 fully saturated rings. The molecule has 3 rings (SSSR count). The number of oxazole rings is 1. The van der Waals surface area contributed by atoms with Crippen molar-refractivity contribution in [2.45, 2.75) is 32.2 Å². The van der Waals surface area contributed by atoms with Crippen molar-refractivity contribution in [3.05, 3.63) is 54.6 Å². The fourth-order valence-electron chi connectivity index (χ4n) is 2.82. The van der Waals surface area contributed by atoms with Crippen LogP contribution in [-0.2, 0) is 0 Å². The number of hydrogen-bond donors (Lipinski definition) is 3. The lowest BCUT2D eigenvalue weighted by Crippen LogP contribution is -2.16. The normalized spacial score (nSPS) is 11.8. The van der Waals surface area contributed by atoms with Gasteiger partial charge in [0.25, 0.3) is 0 Å². The molecular formula is C21H24N4O4. The van der Waals surface area contributed by atoms with Gasteiger partial charge >= 0.3 is 5.97 Å². The van der Waals surface area contributed by atoms with Crippen LogP contribution in [0.25, 0.3) is 11.5 Å². The first-order valence-electron chi connectivity index (χ1n) is 9.42. The molecule has 29 heavy (non-hydrogen) atoms. The summed E-state index contributed by atoms with van der Waals surface area (Å²) in [7, 11) is 0. The van der Waals surface area contributed by atoms with Crippen molar-refractivity contribution in [3.8, 4) is 17.2 Å². The molecule has 0 aliphatic rings. The minimum Gasteiger partial charge on any atom is -0.491 e. The van der Waals surface area contributed by atoms with E-state index in [-0.39, 0.29) is 17.6 Å². The number of ether oxygens (including phenoxy) is 1. The number of aromatic nitrogens is 2. The van der Waals surface area contributed by atoms with E-state index in [4.69, 9.17) is 20.0 Å². The number of carbonyl (C=O) groups is 1. The van der Waals surface area contributed by atoms with E-state index in [1.165, 1.54) is 0 Å². The first-order chi connectivity index (χ1) is 14.0. The van der Waals surface area contributed by atoms with Crippen LogP contribution < -0.4 is 15.8 Å². The molecule has 1 unspecified atom stereocenters. The Hall–Kier alpha value is -3.55. The second kappa shape index (κ2) is 9.59. The lowest BCUT2D eigenvalue weighted by Gasteiger charge is -2.15. The average Bonchev–Trinajstić information content (AvgIpc) is 3.20. The molecule has 4 N–H and O–H groups in total. The first-order valence-corrected chi connectivity index (χ1v) is 9.42. The largest absolute Gasteiger partial charge is 0.491 e. The van der Waals surface area contributed by atoms with Gasteiger partial charge in [-0.05, 0) is 50.5 Å². The van der Waals surface area contributed by atoms with Crippen LogP contribution in [0.4, 0.5) is 11.5 Å². The number of pyridine rings is 1. The van der Waals surface area contributed by atoms with Crippen molar-refractivity contribution in [2.75, 3.05) is 17.7 Å². The fraction of sp³-hybridized carbons (Fsp3) is 0.286. The van der Waals surface area contributed by atoms with Crippen LogP contribution in [0.5, 0.6) is 5.75 Å². The quantitative estimate of drug-likeness (QED) is 0.346. The summed E-state index contributed by atoms with van der Waals surface area (Å²) in [5.41, 5.74) is 7.04.